The number of nitrogen functional groups attached to an aromatic ring is 1. The number of pyridine rings is 2. The Morgan fingerprint density at radius 1 is 1.15 bits per heavy atom. The fraction of sp³-hybridized carbons (Fsp3) is 0.375. The maximum absolute atomic E-state index is 6.91. The summed E-state index contributed by atoms with van der Waals surface area (Å²) in [7, 11) is 0. The molecule has 2 aliphatic rings. The van der Waals surface area contributed by atoms with Crippen molar-refractivity contribution in [3.8, 4) is 0 Å². The monoisotopic (exact) mass is 475 g/mol. The van der Waals surface area contributed by atoms with Crippen molar-refractivity contribution in [3.05, 3.63) is 65.2 Å². The van der Waals surface area contributed by atoms with Crippen LogP contribution in [0.15, 0.2) is 43.1 Å². The summed E-state index contributed by atoms with van der Waals surface area (Å²) < 4.78 is 2.01. The van der Waals surface area contributed by atoms with Crippen molar-refractivity contribution in [2.24, 2.45) is 5.73 Å². The first-order chi connectivity index (χ1) is 16.5. The van der Waals surface area contributed by atoms with E-state index in [-0.39, 0.29) is 0 Å². The fourth-order valence-corrected chi connectivity index (χ4v) is 5.07. The van der Waals surface area contributed by atoms with Crippen molar-refractivity contribution in [1.82, 2.24) is 29.5 Å². The molecule has 9 nitrogen and oxygen atoms in total. The molecule has 4 N–H and O–H groups in total. The molecule has 0 amide bonds. The zero-order valence-corrected chi connectivity index (χ0v) is 19.5. The van der Waals surface area contributed by atoms with Gasteiger partial charge in [0.25, 0.3) is 0 Å². The Morgan fingerprint density at radius 3 is 2.85 bits per heavy atom. The van der Waals surface area contributed by atoms with Crippen LogP contribution in [0.5, 0.6) is 0 Å². The molecule has 1 atom stereocenters. The summed E-state index contributed by atoms with van der Waals surface area (Å²) in [4.78, 5) is 24.6. The molecule has 174 valence electrons. The summed E-state index contributed by atoms with van der Waals surface area (Å²) in [5.74, 6) is 0.936. The smallest absolute Gasteiger partial charge is 0.165 e. The van der Waals surface area contributed by atoms with E-state index in [2.05, 4.69) is 30.9 Å². The number of nitrogens with two attached hydrogens (primary N) is 2. The van der Waals surface area contributed by atoms with Crippen molar-refractivity contribution >= 4 is 34.3 Å². The lowest BCUT2D eigenvalue weighted by Crippen LogP contribution is -2.52. The molecule has 0 radical (unpaired) electrons. The third-order valence-electron chi connectivity index (χ3n) is 6.84. The van der Waals surface area contributed by atoms with Crippen LogP contribution in [0.3, 0.4) is 0 Å². The Bertz CT molecular complexity index is 1370. The zero-order chi connectivity index (χ0) is 23.3. The first-order valence-electron chi connectivity index (χ1n) is 11.6. The first kappa shape index (κ1) is 21.2. The normalized spacial score (nSPS) is 20.7. The Morgan fingerprint density at radius 2 is 2.03 bits per heavy atom. The first-order valence-corrected chi connectivity index (χ1v) is 11.9. The molecule has 0 bridgehead atoms. The number of nitrogens with zero attached hydrogens (tertiary/aromatic N) is 7. The highest BCUT2D eigenvalue weighted by molar-refractivity contribution is 6.29. The molecule has 4 aromatic rings. The molecule has 1 saturated heterocycles. The zero-order valence-electron chi connectivity index (χ0n) is 18.7. The number of anilines is 2. The maximum atomic E-state index is 6.91. The van der Waals surface area contributed by atoms with E-state index in [4.69, 9.17) is 28.1 Å². The van der Waals surface area contributed by atoms with Crippen LogP contribution in [0.1, 0.15) is 48.6 Å². The fourth-order valence-electron chi connectivity index (χ4n) is 4.90. The van der Waals surface area contributed by atoms with Crippen molar-refractivity contribution in [2.45, 2.75) is 43.7 Å². The number of halogens is 1. The van der Waals surface area contributed by atoms with Crippen LogP contribution < -0.4 is 16.4 Å². The van der Waals surface area contributed by atoms with Gasteiger partial charge in [-0.2, -0.15) is 0 Å². The average Bonchev–Trinajstić information content (AvgIpc) is 3.61. The second-order valence-corrected chi connectivity index (χ2v) is 9.73. The van der Waals surface area contributed by atoms with Crippen LogP contribution in [0.2, 0.25) is 5.15 Å². The van der Waals surface area contributed by atoms with Crippen LogP contribution in [-0.4, -0.2) is 42.6 Å². The van der Waals surface area contributed by atoms with Gasteiger partial charge < -0.3 is 20.9 Å². The minimum atomic E-state index is -0.584. The third-order valence-corrected chi connectivity index (χ3v) is 7.05. The molecule has 0 spiro atoms. The molecule has 1 aliphatic carbocycles. The van der Waals surface area contributed by atoms with E-state index in [0.29, 0.717) is 35.5 Å². The molecule has 4 aromatic heterocycles. The lowest BCUT2D eigenvalue weighted by atomic mass is 9.86. The molecule has 5 heterocycles. The number of imidazole rings is 1. The third kappa shape index (κ3) is 3.84. The molecular formula is C24H26ClN9. The Labute approximate surface area is 202 Å². The number of aromatic nitrogens is 6. The quantitative estimate of drug-likeness (QED) is 0.421. The Hall–Kier alpha value is -3.30. The van der Waals surface area contributed by atoms with Gasteiger partial charge in [0, 0.05) is 24.7 Å². The average molecular weight is 476 g/mol. The largest absolute Gasteiger partial charge is 0.382 e. The van der Waals surface area contributed by atoms with Gasteiger partial charge in [-0.3, -0.25) is 4.98 Å². The van der Waals surface area contributed by atoms with Crippen molar-refractivity contribution in [2.75, 3.05) is 23.7 Å². The van der Waals surface area contributed by atoms with E-state index in [1.54, 1.807) is 12.4 Å². The van der Waals surface area contributed by atoms with E-state index in [9.17, 15) is 0 Å². The number of piperidine rings is 1. The van der Waals surface area contributed by atoms with Gasteiger partial charge in [0.15, 0.2) is 11.5 Å². The van der Waals surface area contributed by atoms with Gasteiger partial charge in [0.1, 0.15) is 17.0 Å². The van der Waals surface area contributed by atoms with Gasteiger partial charge in [-0.05, 0) is 49.4 Å². The maximum Gasteiger partial charge on any atom is 0.165 e. The molecule has 0 aromatic carbocycles. The summed E-state index contributed by atoms with van der Waals surface area (Å²) in [5, 5.41) is 0.462. The predicted molar refractivity (Wildman–Crippen MR) is 132 cm³/mol. The predicted octanol–water partition coefficient (Wildman–Crippen LogP) is 3.23. The summed E-state index contributed by atoms with van der Waals surface area (Å²) in [6.45, 7) is 2.14. The highest BCUT2D eigenvalue weighted by Gasteiger charge is 2.36. The molecule has 34 heavy (non-hydrogen) atoms. The van der Waals surface area contributed by atoms with Gasteiger partial charge in [-0.1, -0.05) is 17.7 Å². The van der Waals surface area contributed by atoms with Crippen LogP contribution in [0.4, 0.5) is 11.5 Å². The van der Waals surface area contributed by atoms with Crippen LogP contribution >= 0.6 is 11.6 Å². The summed E-state index contributed by atoms with van der Waals surface area (Å²) in [5.41, 5.74) is 17.9. The topological polar surface area (TPSA) is 125 Å². The number of fused-ring (bicyclic) bond motifs is 1. The highest BCUT2D eigenvalue weighted by Crippen LogP contribution is 2.41. The standard InChI is InChI=1S/C24H26ClN9/c25-20-4-1-3-19(32-20)24(27)7-2-8-33(12-24)18-10-28-17(15-5-6-15)9-16(18)11-34-14-31-21-22(26)29-13-30-23(21)34/h1,3-4,9-10,13-15H,2,5-8,11-12,27H2,(H2,26,29,30)/t24-/m1/s1. The highest BCUT2D eigenvalue weighted by atomic mass is 35.5. The van der Waals surface area contributed by atoms with Gasteiger partial charge >= 0.3 is 0 Å². The molecule has 10 heteroatoms. The van der Waals surface area contributed by atoms with Gasteiger partial charge in [-0.15, -0.1) is 0 Å². The Kier molecular flexibility index (Phi) is 5.11. The van der Waals surface area contributed by atoms with Gasteiger partial charge in [0.2, 0.25) is 0 Å². The van der Waals surface area contributed by atoms with Crippen LogP contribution in [-0.2, 0) is 12.1 Å². The van der Waals surface area contributed by atoms with E-state index in [1.807, 2.05) is 22.9 Å². The number of rotatable bonds is 5. The lowest BCUT2D eigenvalue weighted by molar-refractivity contribution is 0.345. The van der Waals surface area contributed by atoms with Crippen molar-refractivity contribution in [1.29, 1.82) is 0 Å². The van der Waals surface area contributed by atoms with Crippen molar-refractivity contribution < 1.29 is 0 Å². The second-order valence-electron chi connectivity index (χ2n) is 9.34. The lowest BCUT2D eigenvalue weighted by Gasteiger charge is -2.41. The van der Waals surface area contributed by atoms with E-state index in [1.165, 1.54) is 19.2 Å². The number of hydrogen-bond donors (Lipinski definition) is 2. The van der Waals surface area contributed by atoms with E-state index < -0.39 is 5.54 Å². The minimum absolute atomic E-state index is 0.385. The SMILES string of the molecule is Nc1ncnc2c1ncn2Cc1cc(C2CC2)ncc1N1CCC[C@](N)(c2cccc(Cl)n2)C1. The molecule has 0 unspecified atom stereocenters. The molecular weight excluding hydrogens is 450 g/mol. The van der Waals surface area contributed by atoms with Crippen molar-refractivity contribution in [3.63, 3.8) is 0 Å². The van der Waals surface area contributed by atoms with E-state index >= 15 is 0 Å². The summed E-state index contributed by atoms with van der Waals surface area (Å²) in [6, 6.07) is 7.88. The minimum Gasteiger partial charge on any atom is -0.382 e. The molecule has 2 fully saturated rings. The molecule has 1 saturated carbocycles. The van der Waals surface area contributed by atoms with Gasteiger partial charge in [0.05, 0.1) is 36.0 Å². The van der Waals surface area contributed by atoms with Crippen LogP contribution in [0.25, 0.3) is 11.2 Å². The second kappa shape index (κ2) is 8.18. The number of hydrogen-bond acceptors (Lipinski definition) is 8. The molecule has 6 rings (SSSR count). The summed E-state index contributed by atoms with van der Waals surface area (Å²) >= 11 is 6.18. The van der Waals surface area contributed by atoms with Gasteiger partial charge in [-0.25, -0.2) is 19.9 Å². The molecule has 1 aliphatic heterocycles. The Balaban J connectivity index is 1.37. The summed E-state index contributed by atoms with van der Waals surface area (Å²) in [6.07, 6.45) is 9.44. The van der Waals surface area contributed by atoms with Crippen LogP contribution in [0, 0.1) is 0 Å². The van der Waals surface area contributed by atoms with E-state index in [0.717, 1.165) is 47.7 Å².